The third-order valence-corrected chi connectivity index (χ3v) is 5.64. The van der Waals surface area contributed by atoms with E-state index in [4.69, 9.17) is 9.73 Å². The van der Waals surface area contributed by atoms with Gasteiger partial charge in [-0.3, -0.25) is 4.99 Å². The molecule has 96 valence electrons. The lowest BCUT2D eigenvalue weighted by molar-refractivity contribution is 0.168. The number of fused-ring (bicyclic) bond motifs is 1. The second-order valence-electron chi connectivity index (χ2n) is 6.32. The van der Waals surface area contributed by atoms with Gasteiger partial charge in [0.05, 0.1) is 11.1 Å². The van der Waals surface area contributed by atoms with Crippen molar-refractivity contribution in [1.82, 2.24) is 0 Å². The molecule has 1 aromatic carbocycles. The van der Waals surface area contributed by atoms with Crippen LogP contribution in [-0.2, 0) is 5.41 Å². The van der Waals surface area contributed by atoms with Crippen molar-refractivity contribution in [2.45, 2.75) is 24.4 Å². The lowest BCUT2D eigenvalue weighted by Gasteiger charge is -2.53. The van der Waals surface area contributed by atoms with Gasteiger partial charge in [-0.1, -0.05) is 24.3 Å². The van der Waals surface area contributed by atoms with E-state index in [1.165, 1.54) is 34.5 Å². The molecule has 2 heteroatoms. The van der Waals surface area contributed by atoms with Crippen LogP contribution in [0.5, 0.6) is 5.75 Å². The lowest BCUT2D eigenvalue weighted by Crippen LogP contribution is -2.56. The molecule has 1 saturated carbocycles. The van der Waals surface area contributed by atoms with Crippen LogP contribution in [0.2, 0.25) is 0 Å². The zero-order valence-corrected chi connectivity index (χ0v) is 11.0. The fraction of sp³-hybridized carbons (Fsp3) is 0.278. The molecule has 3 atom stereocenters. The number of hydrogen-bond acceptors (Lipinski definition) is 2. The summed E-state index contributed by atoms with van der Waals surface area (Å²) in [5, 5.41) is 0. The second kappa shape index (κ2) is 2.83. The van der Waals surface area contributed by atoms with Crippen molar-refractivity contribution < 1.29 is 4.74 Å². The molecule has 0 saturated heterocycles. The van der Waals surface area contributed by atoms with E-state index in [9.17, 15) is 0 Å². The molecule has 2 nitrogen and oxygen atoms in total. The Morgan fingerprint density at radius 2 is 2.30 bits per heavy atom. The van der Waals surface area contributed by atoms with Gasteiger partial charge in [0, 0.05) is 17.2 Å². The second-order valence-corrected chi connectivity index (χ2v) is 6.32. The van der Waals surface area contributed by atoms with Gasteiger partial charge < -0.3 is 4.74 Å². The van der Waals surface area contributed by atoms with Crippen molar-refractivity contribution in [2.24, 2.45) is 10.9 Å². The number of benzene rings is 1. The summed E-state index contributed by atoms with van der Waals surface area (Å²) in [4.78, 5) is 4.93. The number of ether oxygens (including phenoxy) is 1. The van der Waals surface area contributed by atoms with Crippen LogP contribution in [0.4, 0.5) is 0 Å². The van der Waals surface area contributed by atoms with Gasteiger partial charge in [0.15, 0.2) is 0 Å². The molecular weight excluding hydrogens is 246 g/mol. The molecule has 3 aliphatic carbocycles. The Labute approximate surface area is 117 Å². The minimum Gasteiger partial charge on any atom is -0.485 e. The van der Waals surface area contributed by atoms with Gasteiger partial charge in [0.25, 0.3) is 0 Å². The zero-order valence-electron chi connectivity index (χ0n) is 11.0. The maximum absolute atomic E-state index is 6.32. The van der Waals surface area contributed by atoms with E-state index in [1.807, 2.05) is 0 Å². The summed E-state index contributed by atoms with van der Waals surface area (Å²) in [6.45, 7) is 0. The monoisotopic (exact) mass is 259 g/mol. The van der Waals surface area contributed by atoms with E-state index < -0.39 is 0 Å². The maximum Gasteiger partial charge on any atom is 0.132 e. The summed E-state index contributed by atoms with van der Waals surface area (Å²) < 4.78 is 6.32. The average Bonchev–Trinajstić information content (AvgIpc) is 2.75. The Morgan fingerprint density at radius 1 is 1.30 bits per heavy atom. The Morgan fingerprint density at radius 3 is 3.20 bits per heavy atom. The quantitative estimate of drug-likeness (QED) is 0.699. The van der Waals surface area contributed by atoms with Crippen molar-refractivity contribution in [2.75, 3.05) is 0 Å². The summed E-state index contributed by atoms with van der Waals surface area (Å²) in [6, 6.07) is 6.43. The number of rotatable bonds is 0. The van der Waals surface area contributed by atoms with Crippen molar-refractivity contribution in [1.29, 1.82) is 0 Å². The van der Waals surface area contributed by atoms with Gasteiger partial charge in [0.1, 0.15) is 11.9 Å². The number of nitrogens with zero attached hydrogens (tertiary/aromatic N) is 1. The average molecular weight is 259 g/mol. The van der Waals surface area contributed by atoms with E-state index in [0.29, 0.717) is 5.92 Å². The highest BCUT2D eigenvalue weighted by Crippen LogP contribution is 2.64. The Bertz CT molecular complexity index is 811. The summed E-state index contributed by atoms with van der Waals surface area (Å²) in [7, 11) is 0. The van der Waals surface area contributed by atoms with Gasteiger partial charge in [-0.05, 0) is 42.2 Å². The minimum atomic E-state index is 0.0279. The van der Waals surface area contributed by atoms with E-state index in [0.717, 1.165) is 12.2 Å². The molecule has 20 heavy (non-hydrogen) atoms. The van der Waals surface area contributed by atoms with Gasteiger partial charge in [0.2, 0.25) is 0 Å². The molecular formula is C18H13NO. The number of aliphatic imine (C=N–C) groups is 1. The number of hydrogen-bond donors (Lipinski definition) is 0. The first-order valence-electron chi connectivity index (χ1n) is 7.37. The van der Waals surface area contributed by atoms with E-state index in [1.54, 1.807) is 0 Å². The first-order chi connectivity index (χ1) is 9.89. The molecule has 0 aromatic heterocycles. The molecule has 2 heterocycles. The molecule has 2 aliphatic heterocycles. The molecule has 0 radical (unpaired) electrons. The van der Waals surface area contributed by atoms with Crippen molar-refractivity contribution in [3.8, 4) is 5.75 Å². The molecule has 1 spiro atoms. The highest BCUT2D eigenvalue weighted by molar-refractivity contribution is 6.00. The van der Waals surface area contributed by atoms with Crippen LogP contribution in [0.15, 0.2) is 52.7 Å². The van der Waals surface area contributed by atoms with E-state index >= 15 is 0 Å². The predicted octanol–water partition coefficient (Wildman–Crippen LogP) is 3.40. The minimum absolute atomic E-state index is 0.0279. The van der Waals surface area contributed by atoms with E-state index in [2.05, 4.69) is 42.5 Å². The molecule has 6 rings (SSSR count). The van der Waals surface area contributed by atoms with Crippen molar-refractivity contribution in [3.63, 3.8) is 0 Å². The molecule has 1 fully saturated rings. The lowest BCUT2D eigenvalue weighted by atomic mass is 9.51. The molecule has 0 N–H and O–H groups in total. The maximum atomic E-state index is 6.32. The third-order valence-electron chi connectivity index (χ3n) is 5.64. The fourth-order valence-electron chi connectivity index (χ4n) is 4.82. The van der Waals surface area contributed by atoms with Crippen LogP contribution >= 0.6 is 0 Å². The highest BCUT2D eigenvalue weighted by atomic mass is 16.5. The summed E-state index contributed by atoms with van der Waals surface area (Å²) in [6.07, 6.45) is 11.4. The van der Waals surface area contributed by atoms with Crippen molar-refractivity contribution in [3.05, 3.63) is 58.8 Å². The Hall–Kier alpha value is -2.09. The Kier molecular flexibility index (Phi) is 1.38. The molecule has 3 unspecified atom stereocenters. The normalized spacial score (nSPS) is 36.9. The van der Waals surface area contributed by atoms with Gasteiger partial charge in [-0.25, -0.2) is 0 Å². The Balaban J connectivity index is 1.84. The predicted molar refractivity (Wildman–Crippen MR) is 77.9 cm³/mol. The van der Waals surface area contributed by atoms with Crippen LogP contribution in [0.1, 0.15) is 24.0 Å². The van der Waals surface area contributed by atoms with Crippen molar-refractivity contribution >= 4 is 11.8 Å². The molecule has 5 aliphatic rings. The topological polar surface area (TPSA) is 21.6 Å². The first kappa shape index (κ1) is 9.76. The molecule has 2 bridgehead atoms. The molecule has 0 amide bonds. The van der Waals surface area contributed by atoms with Crippen LogP contribution in [0.25, 0.3) is 6.08 Å². The van der Waals surface area contributed by atoms with Gasteiger partial charge >= 0.3 is 0 Å². The van der Waals surface area contributed by atoms with E-state index in [-0.39, 0.29) is 11.5 Å². The third kappa shape index (κ3) is 0.790. The summed E-state index contributed by atoms with van der Waals surface area (Å²) >= 11 is 0. The van der Waals surface area contributed by atoms with Crippen LogP contribution in [0, 0.1) is 5.92 Å². The highest BCUT2D eigenvalue weighted by Gasteiger charge is 2.63. The standard InChI is InChI=1S/C18H13NO/c1-3-10-9-14-11-4-2-6-16-18(11,12-7-8-13(12)19-14)17(10)15(5-1)20-16/h1-6,9,12,16H,7-8H2. The van der Waals surface area contributed by atoms with Crippen LogP contribution in [-0.4, -0.2) is 11.8 Å². The van der Waals surface area contributed by atoms with Gasteiger partial charge in [-0.15, -0.1) is 0 Å². The first-order valence-corrected chi connectivity index (χ1v) is 7.37. The number of allylic oxidation sites excluding steroid dienone is 3. The zero-order chi connectivity index (χ0) is 12.9. The smallest absolute Gasteiger partial charge is 0.132 e. The fourth-order valence-corrected chi connectivity index (χ4v) is 4.82. The summed E-state index contributed by atoms with van der Waals surface area (Å²) in [5.74, 6) is 1.62. The summed E-state index contributed by atoms with van der Waals surface area (Å²) in [5.41, 5.74) is 6.69. The van der Waals surface area contributed by atoms with Gasteiger partial charge in [-0.2, -0.15) is 0 Å². The largest absolute Gasteiger partial charge is 0.485 e. The molecule has 1 aromatic rings. The SMILES string of the molecule is C1=CC2Oc3cccc4c3C23C(=C1)C(=C4)N=C1CCC13. The van der Waals surface area contributed by atoms with Crippen LogP contribution in [0.3, 0.4) is 0 Å². The van der Waals surface area contributed by atoms with Crippen LogP contribution < -0.4 is 4.74 Å².